The standard InChI is InChI=1S/C14H19F5O6/c1-5-10(3,4)9(21)25-11(6-23-8(2)20)7-24-13(22,12(11,15)16)14(17,18)19/h22H,5-7H2,1-4H3. The lowest BCUT2D eigenvalue weighted by Crippen LogP contribution is -2.66. The van der Waals surface area contributed by atoms with Gasteiger partial charge in [0, 0.05) is 6.92 Å². The molecule has 1 saturated heterocycles. The van der Waals surface area contributed by atoms with Gasteiger partial charge >= 0.3 is 29.8 Å². The number of alkyl halides is 5. The van der Waals surface area contributed by atoms with Gasteiger partial charge in [-0.1, -0.05) is 6.92 Å². The third-order valence-corrected chi connectivity index (χ3v) is 4.13. The topological polar surface area (TPSA) is 82.1 Å². The van der Waals surface area contributed by atoms with Gasteiger partial charge in [0.1, 0.15) is 13.2 Å². The highest BCUT2D eigenvalue weighted by molar-refractivity contribution is 5.76. The minimum atomic E-state index is -5.89. The second-order valence-electron chi connectivity index (χ2n) is 6.41. The Kier molecular flexibility index (Phi) is 5.47. The van der Waals surface area contributed by atoms with Crippen molar-refractivity contribution in [2.75, 3.05) is 13.2 Å². The predicted octanol–water partition coefficient (Wildman–Crippen LogP) is 2.18. The highest BCUT2D eigenvalue weighted by atomic mass is 19.4. The van der Waals surface area contributed by atoms with E-state index in [2.05, 4.69) is 14.2 Å². The molecule has 0 aromatic rings. The maximum absolute atomic E-state index is 14.5. The lowest BCUT2D eigenvalue weighted by Gasteiger charge is -2.38. The smallest absolute Gasteiger partial charge is 0.449 e. The second kappa shape index (κ2) is 6.35. The first-order chi connectivity index (χ1) is 11.1. The number of ether oxygens (including phenoxy) is 3. The van der Waals surface area contributed by atoms with Gasteiger partial charge in [-0.25, -0.2) is 0 Å². The monoisotopic (exact) mass is 378 g/mol. The van der Waals surface area contributed by atoms with Crippen molar-refractivity contribution in [2.45, 2.75) is 57.6 Å². The van der Waals surface area contributed by atoms with Crippen LogP contribution in [-0.4, -0.2) is 53.7 Å². The molecule has 25 heavy (non-hydrogen) atoms. The van der Waals surface area contributed by atoms with Crippen molar-refractivity contribution in [3.63, 3.8) is 0 Å². The summed E-state index contributed by atoms with van der Waals surface area (Å²) in [5, 5.41) is 9.40. The molecule has 0 aromatic heterocycles. The summed E-state index contributed by atoms with van der Waals surface area (Å²) in [7, 11) is 0. The fraction of sp³-hybridized carbons (Fsp3) is 0.857. The molecule has 0 bridgehead atoms. The summed E-state index contributed by atoms with van der Waals surface area (Å²) in [5.74, 6) is -12.4. The van der Waals surface area contributed by atoms with Crippen molar-refractivity contribution < 1.29 is 50.9 Å². The van der Waals surface area contributed by atoms with E-state index in [1.54, 1.807) is 0 Å². The molecule has 6 nitrogen and oxygen atoms in total. The molecule has 0 radical (unpaired) electrons. The van der Waals surface area contributed by atoms with E-state index in [0.29, 0.717) is 0 Å². The van der Waals surface area contributed by atoms with Gasteiger partial charge in [-0.15, -0.1) is 0 Å². The lowest BCUT2D eigenvalue weighted by atomic mass is 9.88. The molecule has 2 unspecified atom stereocenters. The molecule has 146 valence electrons. The first-order valence-corrected chi connectivity index (χ1v) is 7.24. The molecule has 0 aromatic carbocycles. The Balaban J connectivity index is 3.35. The van der Waals surface area contributed by atoms with Gasteiger partial charge < -0.3 is 19.3 Å². The number of carbonyl (C=O) groups excluding carboxylic acids is 2. The Morgan fingerprint density at radius 1 is 1.24 bits per heavy atom. The summed E-state index contributed by atoms with van der Waals surface area (Å²) in [4.78, 5) is 23.1. The van der Waals surface area contributed by atoms with Crippen LogP contribution in [0.15, 0.2) is 0 Å². The zero-order chi connectivity index (χ0) is 19.9. The molecule has 0 spiro atoms. The fourth-order valence-electron chi connectivity index (χ4n) is 1.90. The normalized spacial score (nSPS) is 29.4. The molecule has 11 heteroatoms. The maximum Gasteiger partial charge on any atom is 0.449 e. The van der Waals surface area contributed by atoms with Crippen molar-refractivity contribution in [3.8, 4) is 0 Å². The van der Waals surface area contributed by atoms with Crippen molar-refractivity contribution in [2.24, 2.45) is 5.41 Å². The van der Waals surface area contributed by atoms with Gasteiger partial charge in [0.2, 0.25) is 5.60 Å². The van der Waals surface area contributed by atoms with E-state index < -0.39 is 54.1 Å². The van der Waals surface area contributed by atoms with Crippen LogP contribution in [0.4, 0.5) is 22.0 Å². The van der Waals surface area contributed by atoms with Crippen LogP contribution in [0.5, 0.6) is 0 Å². The quantitative estimate of drug-likeness (QED) is 0.583. The fourth-order valence-corrected chi connectivity index (χ4v) is 1.90. The summed E-state index contributed by atoms with van der Waals surface area (Å²) in [6.07, 6.45) is -5.76. The third-order valence-electron chi connectivity index (χ3n) is 4.13. The molecule has 2 atom stereocenters. The molecule has 1 rings (SSSR count). The molecular formula is C14H19F5O6. The second-order valence-corrected chi connectivity index (χ2v) is 6.41. The van der Waals surface area contributed by atoms with Crippen LogP contribution >= 0.6 is 0 Å². The minimum absolute atomic E-state index is 0.130. The average Bonchev–Trinajstić information content (AvgIpc) is 2.66. The Bertz CT molecular complexity index is 546. The SMILES string of the molecule is CCC(C)(C)C(=O)OC1(COC(C)=O)COC(O)(C(F)(F)F)C1(F)F. The number of rotatable bonds is 5. The lowest BCUT2D eigenvalue weighted by molar-refractivity contribution is -0.410. The molecule has 1 N–H and O–H groups in total. The highest BCUT2D eigenvalue weighted by Crippen LogP contribution is 2.55. The van der Waals surface area contributed by atoms with E-state index in [1.165, 1.54) is 20.8 Å². The maximum atomic E-state index is 14.5. The number of hydrogen-bond donors (Lipinski definition) is 1. The van der Waals surface area contributed by atoms with Crippen LogP contribution in [0.3, 0.4) is 0 Å². The summed E-state index contributed by atoms with van der Waals surface area (Å²) in [6, 6.07) is 0. The summed E-state index contributed by atoms with van der Waals surface area (Å²) in [6.45, 7) is 2.09. The third kappa shape index (κ3) is 3.43. The zero-order valence-corrected chi connectivity index (χ0v) is 14.0. The van der Waals surface area contributed by atoms with Gasteiger partial charge in [-0.3, -0.25) is 9.59 Å². The van der Waals surface area contributed by atoms with Crippen molar-refractivity contribution >= 4 is 11.9 Å². The van der Waals surface area contributed by atoms with Crippen LogP contribution in [-0.2, 0) is 23.8 Å². The van der Waals surface area contributed by atoms with Gasteiger partial charge in [-0.2, -0.15) is 22.0 Å². The van der Waals surface area contributed by atoms with E-state index in [9.17, 15) is 36.6 Å². The van der Waals surface area contributed by atoms with Gasteiger partial charge in [0.25, 0.3) is 0 Å². The number of hydrogen-bond acceptors (Lipinski definition) is 6. The van der Waals surface area contributed by atoms with E-state index in [-0.39, 0.29) is 6.42 Å². The molecular weight excluding hydrogens is 359 g/mol. The van der Waals surface area contributed by atoms with Crippen molar-refractivity contribution in [1.82, 2.24) is 0 Å². The van der Waals surface area contributed by atoms with Gasteiger partial charge in [0.05, 0.1) is 5.41 Å². The molecule has 0 aliphatic carbocycles. The number of aliphatic hydroxyl groups is 1. The number of esters is 2. The first kappa shape index (κ1) is 21.6. The van der Waals surface area contributed by atoms with Crippen LogP contribution in [0.2, 0.25) is 0 Å². The molecule has 0 saturated carbocycles. The first-order valence-electron chi connectivity index (χ1n) is 7.24. The zero-order valence-electron chi connectivity index (χ0n) is 14.0. The molecule has 0 amide bonds. The Labute approximate surface area is 140 Å². The van der Waals surface area contributed by atoms with E-state index >= 15 is 0 Å². The molecule has 1 aliphatic heterocycles. The molecule has 1 heterocycles. The predicted molar refractivity (Wildman–Crippen MR) is 71.4 cm³/mol. The number of carbonyl (C=O) groups is 2. The Hall–Kier alpha value is -1.49. The van der Waals surface area contributed by atoms with Crippen molar-refractivity contribution in [3.05, 3.63) is 0 Å². The van der Waals surface area contributed by atoms with Crippen LogP contribution in [0.1, 0.15) is 34.1 Å². The average molecular weight is 378 g/mol. The molecule has 1 fully saturated rings. The molecule has 1 aliphatic rings. The number of halogens is 5. The summed E-state index contributed by atoms with van der Waals surface area (Å²) in [5.41, 5.74) is -4.63. The largest absolute Gasteiger partial charge is 0.461 e. The van der Waals surface area contributed by atoms with Gasteiger partial charge in [0.15, 0.2) is 0 Å². The van der Waals surface area contributed by atoms with E-state index in [1.807, 2.05) is 0 Å². The highest BCUT2D eigenvalue weighted by Gasteiger charge is 2.84. The van der Waals surface area contributed by atoms with Crippen LogP contribution in [0, 0.1) is 5.41 Å². The van der Waals surface area contributed by atoms with Gasteiger partial charge in [-0.05, 0) is 20.3 Å². The minimum Gasteiger partial charge on any atom is -0.461 e. The Morgan fingerprint density at radius 2 is 1.76 bits per heavy atom. The van der Waals surface area contributed by atoms with Crippen LogP contribution in [0.25, 0.3) is 0 Å². The Morgan fingerprint density at radius 3 is 2.12 bits per heavy atom. The van der Waals surface area contributed by atoms with E-state index in [0.717, 1.165) is 6.92 Å². The van der Waals surface area contributed by atoms with E-state index in [4.69, 9.17) is 0 Å². The summed E-state index contributed by atoms with van der Waals surface area (Å²) < 4.78 is 80.8. The summed E-state index contributed by atoms with van der Waals surface area (Å²) >= 11 is 0. The van der Waals surface area contributed by atoms with Crippen LogP contribution < -0.4 is 0 Å². The van der Waals surface area contributed by atoms with Crippen molar-refractivity contribution in [1.29, 1.82) is 0 Å².